The second-order valence-corrected chi connectivity index (χ2v) is 9.80. The van der Waals surface area contributed by atoms with Crippen LogP contribution in [0.3, 0.4) is 0 Å². The number of benzene rings is 2. The van der Waals surface area contributed by atoms with E-state index in [1.807, 2.05) is 39.0 Å². The van der Waals surface area contributed by atoms with Crippen molar-refractivity contribution in [3.05, 3.63) is 51.9 Å². The SMILES string of the molecule is CCN1c2cc(OC)c(OC)cc2C(C)=C(C(=O)Nc2c(C)cccc2C(C)C)S1(=O)=O. The standard InChI is InChI=1S/C24H30N2O5S/c1-8-26-19-13-21(31-7)20(30-6)12-18(19)16(5)23(32(26,28)29)24(27)25-22-15(4)10-9-11-17(22)14(2)3/h9-14H,8H2,1-7H3,(H,25,27). The number of methoxy groups -OCH3 is 2. The predicted octanol–water partition coefficient (Wildman–Crippen LogP) is 4.68. The molecule has 1 aliphatic heterocycles. The third-order valence-electron chi connectivity index (χ3n) is 5.72. The van der Waals surface area contributed by atoms with Crippen molar-refractivity contribution in [2.75, 3.05) is 30.4 Å². The van der Waals surface area contributed by atoms with Crippen LogP contribution in [0, 0.1) is 6.92 Å². The van der Waals surface area contributed by atoms with Gasteiger partial charge in [0.25, 0.3) is 15.9 Å². The molecule has 2 aromatic carbocycles. The van der Waals surface area contributed by atoms with Gasteiger partial charge in [-0.15, -0.1) is 0 Å². The van der Waals surface area contributed by atoms with Crippen LogP contribution < -0.4 is 19.1 Å². The van der Waals surface area contributed by atoms with Gasteiger partial charge >= 0.3 is 0 Å². The Labute approximate surface area is 190 Å². The number of para-hydroxylation sites is 1. The number of nitrogens with one attached hydrogen (secondary N) is 1. The average Bonchev–Trinajstić information content (AvgIpc) is 2.73. The van der Waals surface area contributed by atoms with Gasteiger partial charge in [0.05, 0.1) is 19.9 Å². The molecule has 0 unspecified atom stereocenters. The zero-order valence-corrected chi connectivity index (χ0v) is 20.4. The number of nitrogens with zero attached hydrogens (tertiary/aromatic N) is 1. The number of sulfonamides is 1. The molecule has 0 fully saturated rings. The van der Waals surface area contributed by atoms with E-state index >= 15 is 0 Å². The molecule has 1 heterocycles. The Bertz CT molecular complexity index is 1200. The normalized spacial score (nSPS) is 14.9. The van der Waals surface area contributed by atoms with Crippen LogP contribution in [0.4, 0.5) is 11.4 Å². The lowest BCUT2D eigenvalue weighted by atomic mass is 9.98. The molecule has 3 rings (SSSR count). The van der Waals surface area contributed by atoms with Gasteiger partial charge in [-0.3, -0.25) is 9.10 Å². The van der Waals surface area contributed by atoms with Crippen LogP contribution in [0.25, 0.3) is 5.57 Å². The minimum absolute atomic E-state index is 0.160. The van der Waals surface area contributed by atoms with Gasteiger partial charge in [0, 0.05) is 23.9 Å². The summed E-state index contributed by atoms with van der Waals surface area (Å²) < 4.78 is 39.1. The van der Waals surface area contributed by atoms with Crippen molar-refractivity contribution in [1.82, 2.24) is 0 Å². The molecule has 0 saturated carbocycles. The lowest BCUT2D eigenvalue weighted by Gasteiger charge is -2.32. The summed E-state index contributed by atoms with van der Waals surface area (Å²) in [5.74, 6) is 0.384. The van der Waals surface area contributed by atoms with E-state index in [0.29, 0.717) is 34.0 Å². The number of carbonyl (C=O) groups excluding carboxylic acids is 1. The molecule has 0 aromatic heterocycles. The Hall–Kier alpha value is -3.00. The fourth-order valence-electron chi connectivity index (χ4n) is 4.07. The topological polar surface area (TPSA) is 84.9 Å². The first-order chi connectivity index (χ1) is 15.1. The van der Waals surface area contributed by atoms with Crippen molar-refractivity contribution in [1.29, 1.82) is 0 Å². The molecule has 0 aliphatic carbocycles. The maximum atomic E-state index is 13.5. The fraction of sp³-hybridized carbons (Fsp3) is 0.375. The molecule has 1 N–H and O–H groups in total. The molecular weight excluding hydrogens is 428 g/mol. The van der Waals surface area contributed by atoms with E-state index < -0.39 is 15.9 Å². The third-order valence-corrected chi connectivity index (χ3v) is 7.76. The minimum atomic E-state index is -4.08. The molecule has 7 nitrogen and oxygen atoms in total. The van der Waals surface area contributed by atoms with Crippen molar-refractivity contribution >= 4 is 32.9 Å². The molecule has 1 aliphatic rings. The summed E-state index contributed by atoms with van der Waals surface area (Å²) in [4.78, 5) is 13.2. The van der Waals surface area contributed by atoms with Crippen molar-refractivity contribution in [3.63, 3.8) is 0 Å². The Morgan fingerprint density at radius 3 is 2.28 bits per heavy atom. The van der Waals surface area contributed by atoms with Crippen LogP contribution in [0.5, 0.6) is 11.5 Å². The highest BCUT2D eigenvalue weighted by atomic mass is 32.2. The molecule has 0 spiro atoms. The molecule has 0 bridgehead atoms. The molecule has 8 heteroatoms. The van der Waals surface area contributed by atoms with E-state index in [9.17, 15) is 13.2 Å². The van der Waals surface area contributed by atoms with Gasteiger partial charge in [-0.2, -0.15) is 0 Å². The Morgan fingerprint density at radius 2 is 1.72 bits per heavy atom. The highest BCUT2D eigenvalue weighted by molar-refractivity contribution is 7.97. The largest absolute Gasteiger partial charge is 0.493 e. The lowest BCUT2D eigenvalue weighted by molar-refractivity contribution is -0.112. The van der Waals surface area contributed by atoms with E-state index in [4.69, 9.17) is 9.47 Å². The zero-order valence-electron chi connectivity index (χ0n) is 19.6. The number of amides is 1. The Balaban J connectivity index is 2.21. The average molecular weight is 459 g/mol. The summed E-state index contributed by atoms with van der Waals surface area (Å²) in [6.45, 7) is 9.49. The summed E-state index contributed by atoms with van der Waals surface area (Å²) >= 11 is 0. The van der Waals surface area contributed by atoms with Crippen LogP contribution in [-0.2, 0) is 14.8 Å². The first kappa shape index (κ1) is 23.7. The van der Waals surface area contributed by atoms with Crippen molar-refractivity contribution in [2.45, 2.75) is 40.5 Å². The predicted molar refractivity (Wildman–Crippen MR) is 128 cm³/mol. The second-order valence-electron chi connectivity index (χ2n) is 8.00. The number of carbonyl (C=O) groups is 1. The van der Waals surface area contributed by atoms with Crippen molar-refractivity contribution in [2.24, 2.45) is 0 Å². The molecular formula is C24H30N2O5S. The number of hydrogen-bond acceptors (Lipinski definition) is 5. The molecule has 0 atom stereocenters. The van der Waals surface area contributed by atoms with Crippen LogP contribution in [-0.4, -0.2) is 35.1 Å². The molecule has 0 saturated heterocycles. The van der Waals surface area contributed by atoms with Crippen LogP contribution in [0.2, 0.25) is 0 Å². The molecule has 0 radical (unpaired) electrons. The van der Waals surface area contributed by atoms with Gasteiger partial charge in [0.2, 0.25) is 0 Å². The second kappa shape index (κ2) is 8.86. The number of ether oxygens (including phenoxy) is 2. The highest BCUT2D eigenvalue weighted by Gasteiger charge is 2.40. The van der Waals surface area contributed by atoms with Crippen LogP contribution in [0.15, 0.2) is 35.2 Å². The van der Waals surface area contributed by atoms with Gasteiger partial charge in [-0.05, 0) is 49.5 Å². The van der Waals surface area contributed by atoms with Gasteiger partial charge in [-0.1, -0.05) is 32.0 Å². The summed E-state index contributed by atoms with van der Waals surface area (Å²) in [7, 11) is -1.07. The van der Waals surface area contributed by atoms with Crippen LogP contribution >= 0.6 is 0 Å². The summed E-state index contributed by atoms with van der Waals surface area (Å²) in [6, 6.07) is 9.10. The maximum absolute atomic E-state index is 13.5. The highest BCUT2D eigenvalue weighted by Crippen LogP contribution is 2.45. The monoisotopic (exact) mass is 458 g/mol. The maximum Gasteiger partial charge on any atom is 0.270 e. The first-order valence-corrected chi connectivity index (χ1v) is 11.9. The quantitative estimate of drug-likeness (QED) is 0.680. The molecule has 32 heavy (non-hydrogen) atoms. The number of allylic oxidation sites excluding steroid dienone is 1. The fourth-order valence-corrected chi connectivity index (χ4v) is 5.82. The van der Waals surface area contributed by atoms with Gasteiger partial charge in [-0.25, -0.2) is 8.42 Å². The van der Waals surface area contributed by atoms with Crippen LogP contribution in [0.1, 0.15) is 50.3 Å². The van der Waals surface area contributed by atoms with Crippen molar-refractivity contribution < 1.29 is 22.7 Å². The summed E-state index contributed by atoms with van der Waals surface area (Å²) in [5, 5.41) is 2.88. The Kier molecular flexibility index (Phi) is 6.55. The number of fused-ring (bicyclic) bond motifs is 1. The number of rotatable bonds is 6. The summed E-state index contributed by atoms with van der Waals surface area (Å²) in [5.41, 5.74) is 3.89. The lowest BCUT2D eigenvalue weighted by Crippen LogP contribution is -2.39. The molecule has 1 amide bonds. The first-order valence-electron chi connectivity index (χ1n) is 10.5. The van der Waals surface area contributed by atoms with E-state index in [0.717, 1.165) is 11.1 Å². The van der Waals surface area contributed by atoms with E-state index in [2.05, 4.69) is 5.32 Å². The van der Waals surface area contributed by atoms with Gasteiger partial charge in [0.1, 0.15) is 0 Å². The minimum Gasteiger partial charge on any atom is -0.493 e. The van der Waals surface area contributed by atoms with Crippen molar-refractivity contribution in [3.8, 4) is 11.5 Å². The number of anilines is 2. The third kappa shape index (κ3) is 3.83. The zero-order chi connectivity index (χ0) is 23.8. The number of hydrogen-bond donors (Lipinski definition) is 1. The summed E-state index contributed by atoms with van der Waals surface area (Å²) in [6.07, 6.45) is 0. The van der Waals surface area contributed by atoms with E-state index in [-0.39, 0.29) is 17.4 Å². The molecule has 2 aromatic rings. The smallest absolute Gasteiger partial charge is 0.270 e. The Morgan fingerprint density at radius 1 is 1.09 bits per heavy atom. The number of aryl methyl sites for hydroxylation is 1. The van der Waals surface area contributed by atoms with E-state index in [1.54, 1.807) is 26.0 Å². The van der Waals surface area contributed by atoms with Gasteiger partial charge < -0.3 is 14.8 Å². The van der Waals surface area contributed by atoms with Gasteiger partial charge in [0.15, 0.2) is 16.4 Å². The van der Waals surface area contributed by atoms with E-state index in [1.165, 1.54) is 18.5 Å². The molecule has 172 valence electrons.